The van der Waals surface area contributed by atoms with E-state index in [9.17, 15) is 4.79 Å². The van der Waals surface area contributed by atoms with Gasteiger partial charge in [0.2, 0.25) is 0 Å². The molecular weight excluding hydrogens is 220 g/mol. The van der Waals surface area contributed by atoms with Gasteiger partial charge in [0, 0.05) is 11.3 Å². The van der Waals surface area contributed by atoms with Gasteiger partial charge in [-0.05, 0) is 68.1 Å². The summed E-state index contributed by atoms with van der Waals surface area (Å²) >= 11 is 0. The number of Topliss-reactive ketones (excluding diaryl/α,β-unsaturated/α-hetero) is 1. The maximum absolute atomic E-state index is 13.0. The van der Waals surface area contributed by atoms with E-state index in [0.717, 1.165) is 5.92 Å². The highest BCUT2D eigenvalue weighted by Crippen LogP contribution is 2.70. The second kappa shape index (κ2) is 3.22. The first-order valence-corrected chi connectivity index (χ1v) is 7.97. The van der Waals surface area contributed by atoms with Crippen LogP contribution >= 0.6 is 0 Å². The highest BCUT2D eigenvalue weighted by atomic mass is 16.1. The lowest BCUT2D eigenvalue weighted by molar-refractivity contribution is -0.173. The zero-order valence-corrected chi connectivity index (χ0v) is 11.9. The molecule has 5 rings (SSSR count). The van der Waals surface area contributed by atoms with E-state index in [4.69, 9.17) is 0 Å². The summed E-state index contributed by atoms with van der Waals surface area (Å²) < 4.78 is 0. The van der Waals surface area contributed by atoms with Crippen LogP contribution in [-0.4, -0.2) is 5.78 Å². The van der Waals surface area contributed by atoms with Gasteiger partial charge in [0.15, 0.2) is 0 Å². The van der Waals surface area contributed by atoms with Gasteiger partial charge in [0.1, 0.15) is 5.78 Å². The summed E-state index contributed by atoms with van der Waals surface area (Å²) in [4.78, 5) is 13.0. The minimum atomic E-state index is 0.119. The molecule has 0 aliphatic heterocycles. The molecule has 0 spiro atoms. The van der Waals surface area contributed by atoms with Crippen molar-refractivity contribution in [3.63, 3.8) is 0 Å². The van der Waals surface area contributed by atoms with Gasteiger partial charge in [-0.2, -0.15) is 0 Å². The van der Waals surface area contributed by atoms with Crippen molar-refractivity contribution < 1.29 is 4.79 Å². The summed E-state index contributed by atoms with van der Waals surface area (Å²) in [5.41, 5.74) is 1.11. The van der Waals surface area contributed by atoms with E-state index in [2.05, 4.69) is 13.8 Å². The number of carbonyl (C=O) groups is 1. The number of rotatable bonds is 2. The van der Waals surface area contributed by atoms with E-state index in [1.165, 1.54) is 57.8 Å². The quantitative estimate of drug-likeness (QED) is 0.708. The third-order valence-corrected chi connectivity index (χ3v) is 6.62. The molecule has 0 aromatic heterocycles. The van der Waals surface area contributed by atoms with Crippen LogP contribution in [0.25, 0.3) is 0 Å². The van der Waals surface area contributed by atoms with Crippen molar-refractivity contribution in [3.8, 4) is 0 Å². The minimum Gasteiger partial charge on any atom is -0.299 e. The number of carbonyl (C=O) groups excluding carboxylic acids is 1. The molecule has 5 saturated carbocycles. The molecule has 1 heteroatoms. The molecule has 18 heavy (non-hydrogen) atoms. The normalized spacial score (nSPS) is 54.4. The number of ketones is 1. The second-order valence-corrected chi connectivity index (χ2v) is 8.90. The largest absolute Gasteiger partial charge is 0.299 e. The smallest absolute Gasteiger partial charge is 0.142 e. The van der Waals surface area contributed by atoms with Crippen molar-refractivity contribution in [3.05, 3.63) is 0 Å². The van der Waals surface area contributed by atoms with Crippen molar-refractivity contribution in [1.82, 2.24) is 0 Å². The fourth-order valence-electron chi connectivity index (χ4n) is 6.83. The fraction of sp³-hybridized carbons (Fsp3) is 0.941. The maximum atomic E-state index is 13.0. The highest BCUT2D eigenvalue weighted by molar-refractivity contribution is 5.88. The average molecular weight is 246 g/mol. The highest BCUT2D eigenvalue weighted by Gasteiger charge is 2.63. The van der Waals surface area contributed by atoms with E-state index in [-0.39, 0.29) is 5.41 Å². The van der Waals surface area contributed by atoms with E-state index in [0.29, 0.717) is 22.5 Å². The molecule has 5 aliphatic carbocycles. The van der Waals surface area contributed by atoms with Gasteiger partial charge >= 0.3 is 0 Å². The molecule has 4 bridgehead atoms. The van der Waals surface area contributed by atoms with Crippen molar-refractivity contribution in [2.45, 2.75) is 71.6 Å². The third-order valence-electron chi connectivity index (χ3n) is 6.62. The molecule has 2 unspecified atom stereocenters. The monoisotopic (exact) mass is 246 g/mol. The van der Waals surface area contributed by atoms with Gasteiger partial charge in [-0.3, -0.25) is 4.79 Å². The van der Waals surface area contributed by atoms with Crippen LogP contribution in [0.4, 0.5) is 0 Å². The Balaban J connectivity index is 1.70. The Morgan fingerprint density at radius 3 is 2.00 bits per heavy atom. The van der Waals surface area contributed by atoms with Crippen molar-refractivity contribution >= 4 is 5.78 Å². The van der Waals surface area contributed by atoms with E-state index in [1.807, 2.05) is 0 Å². The van der Waals surface area contributed by atoms with Crippen LogP contribution in [0.15, 0.2) is 0 Å². The van der Waals surface area contributed by atoms with Gasteiger partial charge in [-0.25, -0.2) is 0 Å². The lowest BCUT2D eigenvalue weighted by Gasteiger charge is -2.65. The molecule has 1 nitrogen and oxygen atoms in total. The first kappa shape index (κ1) is 11.5. The Kier molecular flexibility index (Phi) is 2.05. The number of hydrogen-bond acceptors (Lipinski definition) is 1. The Morgan fingerprint density at radius 2 is 1.56 bits per heavy atom. The SMILES string of the molecule is CC12CC3CC(C)(C1)CC(C(=O)C1CCC1)(C3)C2. The van der Waals surface area contributed by atoms with E-state index >= 15 is 0 Å². The van der Waals surface area contributed by atoms with Crippen LogP contribution in [0.5, 0.6) is 0 Å². The van der Waals surface area contributed by atoms with Crippen molar-refractivity contribution in [1.29, 1.82) is 0 Å². The first-order valence-electron chi connectivity index (χ1n) is 7.97. The molecule has 5 fully saturated rings. The Bertz CT molecular complexity index is 388. The summed E-state index contributed by atoms with van der Waals surface area (Å²) in [7, 11) is 0. The average Bonchev–Trinajstić information content (AvgIpc) is 2.07. The molecule has 2 atom stereocenters. The molecule has 100 valence electrons. The molecule has 0 heterocycles. The second-order valence-electron chi connectivity index (χ2n) is 8.90. The third kappa shape index (κ3) is 1.42. The van der Waals surface area contributed by atoms with Crippen LogP contribution in [0, 0.1) is 28.1 Å². The Morgan fingerprint density at radius 1 is 0.944 bits per heavy atom. The minimum absolute atomic E-state index is 0.119. The molecular formula is C17H26O. The first-order chi connectivity index (χ1) is 8.42. The van der Waals surface area contributed by atoms with Crippen LogP contribution in [0.3, 0.4) is 0 Å². The number of hydrogen-bond donors (Lipinski definition) is 0. The van der Waals surface area contributed by atoms with Crippen LogP contribution < -0.4 is 0 Å². The predicted octanol–water partition coefficient (Wildman–Crippen LogP) is 4.35. The molecule has 0 aromatic carbocycles. The molecule has 5 aliphatic rings. The molecule has 0 aromatic rings. The summed E-state index contributed by atoms with van der Waals surface area (Å²) in [6.45, 7) is 4.94. The maximum Gasteiger partial charge on any atom is 0.142 e. The topological polar surface area (TPSA) is 17.1 Å². The van der Waals surface area contributed by atoms with Crippen LogP contribution in [0.1, 0.15) is 71.6 Å². The lowest BCUT2D eigenvalue weighted by atomic mass is 9.39. The van der Waals surface area contributed by atoms with Gasteiger partial charge in [-0.1, -0.05) is 20.3 Å². The van der Waals surface area contributed by atoms with Gasteiger partial charge in [-0.15, -0.1) is 0 Å². The van der Waals surface area contributed by atoms with Gasteiger partial charge in [0.05, 0.1) is 0 Å². The summed E-state index contributed by atoms with van der Waals surface area (Å²) in [5.74, 6) is 2.00. The Hall–Kier alpha value is -0.330. The zero-order chi connectivity index (χ0) is 12.6. The molecule has 0 N–H and O–H groups in total. The molecule has 0 saturated heterocycles. The lowest BCUT2D eigenvalue weighted by Crippen LogP contribution is -2.59. The Labute approximate surface area is 111 Å². The fourth-order valence-corrected chi connectivity index (χ4v) is 6.83. The van der Waals surface area contributed by atoms with E-state index < -0.39 is 0 Å². The van der Waals surface area contributed by atoms with Crippen molar-refractivity contribution in [2.24, 2.45) is 28.1 Å². The summed E-state index contributed by atoms with van der Waals surface area (Å²) in [6, 6.07) is 0. The summed E-state index contributed by atoms with van der Waals surface area (Å²) in [5, 5.41) is 0. The molecule has 0 amide bonds. The van der Waals surface area contributed by atoms with Crippen molar-refractivity contribution in [2.75, 3.05) is 0 Å². The summed E-state index contributed by atoms with van der Waals surface area (Å²) in [6.07, 6.45) is 11.6. The van der Waals surface area contributed by atoms with E-state index in [1.54, 1.807) is 0 Å². The van der Waals surface area contributed by atoms with Gasteiger partial charge < -0.3 is 0 Å². The van der Waals surface area contributed by atoms with Gasteiger partial charge in [0.25, 0.3) is 0 Å². The standard InChI is InChI=1S/C17H26O/c1-15-6-12-7-16(2,9-15)11-17(8-12,10-15)14(18)13-4-3-5-13/h12-13H,3-11H2,1-2H3. The predicted molar refractivity (Wildman–Crippen MR) is 72.2 cm³/mol. The van der Waals surface area contributed by atoms with Crippen LogP contribution in [0.2, 0.25) is 0 Å². The van der Waals surface area contributed by atoms with Crippen LogP contribution in [-0.2, 0) is 4.79 Å². The zero-order valence-electron chi connectivity index (χ0n) is 11.9. The molecule has 0 radical (unpaired) electrons.